The number of hydrogen-bond acceptors (Lipinski definition) is 3. The molecule has 1 heterocycles. The van der Waals surface area contributed by atoms with E-state index in [9.17, 15) is 12.8 Å². The number of nitrogens with zero attached hydrogens (tertiary/aromatic N) is 2. The van der Waals surface area contributed by atoms with Crippen LogP contribution in [0.1, 0.15) is 11.1 Å². The predicted octanol–water partition coefficient (Wildman–Crippen LogP) is 3.15. The molecule has 0 spiro atoms. The fraction of sp³-hybridized carbons (Fsp3) is 0.316. The Labute approximate surface area is 164 Å². The number of halogens is 1. The van der Waals surface area contributed by atoms with Crippen molar-refractivity contribution in [2.24, 2.45) is 0 Å². The molecule has 1 aliphatic heterocycles. The van der Waals surface area contributed by atoms with Crippen molar-refractivity contribution < 1.29 is 12.8 Å². The lowest BCUT2D eigenvalue weighted by Gasteiger charge is -2.35. The molecule has 1 N–H and O–H groups in total. The summed E-state index contributed by atoms with van der Waals surface area (Å²) in [5, 5.41) is 3.81. The summed E-state index contributed by atoms with van der Waals surface area (Å²) in [6.45, 7) is 5.47. The second-order valence-electron chi connectivity index (χ2n) is 6.50. The molecule has 0 bridgehead atoms. The number of anilines is 1. The number of piperazine rings is 1. The normalized spacial score (nSPS) is 15.6. The van der Waals surface area contributed by atoms with Gasteiger partial charge in [0.05, 0.1) is 0 Å². The SMILES string of the molecule is Cc1cccc(NC(=S)N2CCN(S(=O)(=O)c3ccccc3F)CC2)c1C. The number of rotatable bonds is 3. The van der Waals surface area contributed by atoms with E-state index >= 15 is 0 Å². The van der Waals surface area contributed by atoms with Gasteiger partial charge in [0, 0.05) is 31.9 Å². The number of nitrogens with one attached hydrogen (secondary N) is 1. The maximum Gasteiger partial charge on any atom is 0.246 e. The van der Waals surface area contributed by atoms with E-state index in [0.717, 1.165) is 17.3 Å². The number of sulfonamides is 1. The fourth-order valence-electron chi connectivity index (χ4n) is 3.01. The standard InChI is InChI=1S/C19H22FN3O2S2/c1-14-6-5-8-17(15(14)2)21-19(26)22-10-12-23(13-11-22)27(24,25)18-9-4-3-7-16(18)20/h3-9H,10-13H2,1-2H3,(H,21,26). The van der Waals surface area contributed by atoms with Crippen molar-refractivity contribution in [3.8, 4) is 0 Å². The van der Waals surface area contributed by atoms with E-state index in [4.69, 9.17) is 12.2 Å². The first-order valence-corrected chi connectivity index (χ1v) is 10.5. The Morgan fingerprint density at radius 3 is 2.37 bits per heavy atom. The van der Waals surface area contributed by atoms with Crippen LogP contribution >= 0.6 is 12.2 Å². The highest BCUT2D eigenvalue weighted by Gasteiger charge is 2.31. The highest BCUT2D eigenvalue weighted by molar-refractivity contribution is 7.89. The molecule has 1 aliphatic rings. The summed E-state index contributed by atoms with van der Waals surface area (Å²) in [7, 11) is -3.85. The largest absolute Gasteiger partial charge is 0.346 e. The molecule has 0 aromatic heterocycles. The zero-order valence-corrected chi connectivity index (χ0v) is 16.9. The lowest BCUT2D eigenvalue weighted by molar-refractivity contribution is 0.268. The van der Waals surface area contributed by atoms with Crippen molar-refractivity contribution >= 4 is 33.0 Å². The van der Waals surface area contributed by atoms with Gasteiger partial charge >= 0.3 is 0 Å². The second kappa shape index (κ2) is 7.92. The van der Waals surface area contributed by atoms with Gasteiger partial charge in [0.2, 0.25) is 10.0 Å². The third kappa shape index (κ3) is 4.12. The van der Waals surface area contributed by atoms with Crippen molar-refractivity contribution in [3.05, 3.63) is 59.4 Å². The summed E-state index contributed by atoms with van der Waals surface area (Å²) in [6.07, 6.45) is 0. The molecule has 1 fully saturated rings. The van der Waals surface area contributed by atoms with Crippen LogP contribution in [0.3, 0.4) is 0 Å². The maximum atomic E-state index is 13.9. The van der Waals surface area contributed by atoms with Crippen molar-refractivity contribution in [3.63, 3.8) is 0 Å². The van der Waals surface area contributed by atoms with Gasteiger partial charge in [-0.3, -0.25) is 0 Å². The van der Waals surface area contributed by atoms with Crippen molar-refractivity contribution in [2.45, 2.75) is 18.7 Å². The summed E-state index contributed by atoms with van der Waals surface area (Å²) in [5.74, 6) is -0.730. The average molecular weight is 408 g/mol. The highest BCUT2D eigenvalue weighted by atomic mass is 32.2. The summed E-state index contributed by atoms with van der Waals surface area (Å²) >= 11 is 5.49. The molecular formula is C19H22FN3O2S2. The summed E-state index contributed by atoms with van der Waals surface area (Å²) in [6, 6.07) is 11.4. The fourth-order valence-corrected chi connectivity index (χ4v) is 4.79. The lowest BCUT2D eigenvalue weighted by Crippen LogP contribution is -2.51. The van der Waals surface area contributed by atoms with E-state index in [0.29, 0.717) is 18.2 Å². The van der Waals surface area contributed by atoms with Crippen LogP contribution < -0.4 is 5.32 Å². The Bertz CT molecular complexity index is 955. The van der Waals surface area contributed by atoms with Crippen LogP contribution in [0.4, 0.5) is 10.1 Å². The van der Waals surface area contributed by atoms with Gasteiger partial charge < -0.3 is 10.2 Å². The molecule has 8 heteroatoms. The van der Waals surface area contributed by atoms with E-state index in [1.165, 1.54) is 28.1 Å². The van der Waals surface area contributed by atoms with Gasteiger partial charge in [-0.2, -0.15) is 4.31 Å². The van der Waals surface area contributed by atoms with Gasteiger partial charge in [0.25, 0.3) is 0 Å². The number of benzene rings is 2. The first-order valence-electron chi connectivity index (χ1n) is 8.67. The Hall–Kier alpha value is -2.03. The van der Waals surface area contributed by atoms with Crippen LogP contribution in [-0.2, 0) is 10.0 Å². The molecule has 1 saturated heterocycles. The molecule has 144 valence electrons. The Balaban J connectivity index is 1.66. The van der Waals surface area contributed by atoms with Crippen LogP contribution in [-0.4, -0.2) is 48.9 Å². The zero-order chi connectivity index (χ0) is 19.6. The average Bonchev–Trinajstić information content (AvgIpc) is 2.65. The van der Waals surface area contributed by atoms with Crippen LogP contribution in [0, 0.1) is 19.7 Å². The Morgan fingerprint density at radius 2 is 1.70 bits per heavy atom. The van der Waals surface area contributed by atoms with Gasteiger partial charge in [0.15, 0.2) is 5.11 Å². The quantitative estimate of drug-likeness (QED) is 0.793. The minimum absolute atomic E-state index is 0.255. The van der Waals surface area contributed by atoms with Crippen molar-refractivity contribution in [2.75, 3.05) is 31.5 Å². The topological polar surface area (TPSA) is 52.6 Å². The first-order chi connectivity index (χ1) is 12.8. The predicted molar refractivity (Wildman–Crippen MR) is 109 cm³/mol. The molecule has 0 atom stereocenters. The number of thiocarbonyl (C=S) groups is 1. The molecule has 0 unspecified atom stereocenters. The first kappa shape index (κ1) is 19.7. The summed E-state index contributed by atoms with van der Waals surface area (Å²) < 4.78 is 40.6. The van der Waals surface area contributed by atoms with Crippen LogP contribution in [0.15, 0.2) is 47.4 Å². The van der Waals surface area contributed by atoms with E-state index in [2.05, 4.69) is 5.32 Å². The molecule has 2 aromatic carbocycles. The van der Waals surface area contributed by atoms with Gasteiger partial charge in [0.1, 0.15) is 10.7 Å². The molecule has 0 saturated carbocycles. The van der Waals surface area contributed by atoms with Gasteiger partial charge in [-0.25, -0.2) is 12.8 Å². The van der Waals surface area contributed by atoms with E-state index in [-0.39, 0.29) is 18.0 Å². The van der Waals surface area contributed by atoms with Gasteiger partial charge in [-0.1, -0.05) is 24.3 Å². The molecule has 5 nitrogen and oxygen atoms in total. The van der Waals surface area contributed by atoms with E-state index in [1.54, 1.807) is 0 Å². The number of aryl methyl sites for hydroxylation is 1. The monoisotopic (exact) mass is 407 g/mol. The molecule has 0 aliphatic carbocycles. The second-order valence-corrected chi connectivity index (χ2v) is 8.79. The third-order valence-electron chi connectivity index (χ3n) is 4.83. The van der Waals surface area contributed by atoms with Gasteiger partial charge in [-0.05, 0) is 55.4 Å². The van der Waals surface area contributed by atoms with E-state index in [1.807, 2.05) is 36.9 Å². The smallest absolute Gasteiger partial charge is 0.246 e. The maximum absolute atomic E-state index is 13.9. The molecular weight excluding hydrogens is 385 g/mol. The van der Waals surface area contributed by atoms with E-state index < -0.39 is 15.8 Å². The molecule has 0 amide bonds. The summed E-state index contributed by atoms with van der Waals surface area (Å²) in [5.41, 5.74) is 3.24. The van der Waals surface area contributed by atoms with Gasteiger partial charge in [-0.15, -0.1) is 0 Å². The van der Waals surface area contributed by atoms with Crippen LogP contribution in [0.25, 0.3) is 0 Å². The van der Waals surface area contributed by atoms with Crippen LogP contribution in [0.2, 0.25) is 0 Å². The van der Waals surface area contributed by atoms with Crippen molar-refractivity contribution in [1.82, 2.24) is 9.21 Å². The zero-order valence-electron chi connectivity index (χ0n) is 15.3. The lowest BCUT2D eigenvalue weighted by atomic mass is 10.1. The summed E-state index contributed by atoms with van der Waals surface area (Å²) in [4.78, 5) is 1.65. The Morgan fingerprint density at radius 1 is 1.04 bits per heavy atom. The molecule has 0 radical (unpaired) electrons. The minimum Gasteiger partial charge on any atom is -0.346 e. The molecule has 27 heavy (non-hydrogen) atoms. The highest BCUT2D eigenvalue weighted by Crippen LogP contribution is 2.22. The van der Waals surface area contributed by atoms with Crippen molar-refractivity contribution in [1.29, 1.82) is 0 Å². The minimum atomic E-state index is -3.85. The molecule has 2 aromatic rings. The number of hydrogen-bond donors (Lipinski definition) is 1. The molecule has 3 rings (SSSR count). The third-order valence-corrected chi connectivity index (χ3v) is 7.12. The van der Waals surface area contributed by atoms with Crippen LogP contribution in [0.5, 0.6) is 0 Å². The Kier molecular flexibility index (Phi) is 5.78.